The highest BCUT2D eigenvalue weighted by Crippen LogP contribution is 2.73. The summed E-state index contributed by atoms with van der Waals surface area (Å²) in [6.07, 6.45) is 18.2. The van der Waals surface area contributed by atoms with E-state index in [2.05, 4.69) is 59.0 Å². The lowest BCUT2D eigenvalue weighted by Gasteiger charge is -2.19. The van der Waals surface area contributed by atoms with Crippen molar-refractivity contribution >= 4 is 57.6 Å². The third kappa shape index (κ3) is 7.99. The third-order valence-corrected chi connectivity index (χ3v) is 15.0. The van der Waals surface area contributed by atoms with Crippen LogP contribution in [0.25, 0.3) is 0 Å². The molecule has 3 rings (SSSR count). The molecule has 0 amide bonds. The molecule has 1 aromatic carbocycles. The summed E-state index contributed by atoms with van der Waals surface area (Å²) in [4.78, 5) is 0. The van der Waals surface area contributed by atoms with Crippen LogP contribution in [0.1, 0.15) is 110 Å². The van der Waals surface area contributed by atoms with E-state index < -0.39 is 7.14 Å². The van der Waals surface area contributed by atoms with Gasteiger partial charge >= 0.3 is 0 Å². The molecule has 1 fully saturated rings. The fourth-order valence-electron chi connectivity index (χ4n) is 4.94. The zero-order chi connectivity index (χ0) is 25.1. The van der Waals surface area contributed by atoms with E-state index in [4.69, 9.17) is 9.47 Å². The van der Waals surface area contributed by atoms with Crippen LogP contribution in [0.2, 0.25) is 0 Å². The first-order valence-electron chi connectivity index (χ1n) is 13.8. The zero-order valence-corrected chi connectivity index (χ0v) is 26.9. The molecule has 0 unspecified atom stereocenters. The lowest BCUT2D eigenvalue weighted by atomic mass is 10.1. The number of allylic oxidation sites excluding steroid dienone is 2. The van der Waals surface area contributed by atoms with Gasteiger partial charge < -0.3 is 14.0 Å². The van der Waals surface area contributed by atoms with Crippen LogP contribution in [0.15, 0.2) is 36.0 Å². The third-order valence-electron chi connectivity index (χ3n) is 7.03. The number of hydrogen-bond donors (Lipinski definition) is 0. The first kappa shape index (κ1) is 29.5. The van der Waals surface area contributed by atoms with Gasteiger partial charge in [0.05, 0.1) is 19.9 Å². The zero-order valence-electron chi connectivity index (χ0n) is 21.7. The Hall–Kier alpha value is -0.0100. The average Bonchev–Trinajstić information content (AvgIpc) is 3.41. The molecule has 35 heavy (non-hydrogen) atoms. The Labute approximate surface area is 240 Å². The van der Waals surface area contributed by atoms with E-state index in [-0.39, 0.29) is 0 Å². The van der Waals surface area contributed by atoms with Gasteiger partial charge in [-0.2, -0.15) is 0 Å². The Balaban J connectivity index is 1.70. The second-order valence-corrected chi connectivity index (χ2v) is 16.4. The predicted molar refractivity (Wildman–Crippen MR) is 167 cm³/mol. The fourth-order valence-corrected chi connectivity index (χ4v) is 13.1. The van der Waals surface area contributed by atoms with E-state index in [0.29, 0.717) is 13.2 Å². The van der Waals surface area contributed by atoms with Crippen molar-refractivity contribution < 1.29 is 14.0 Å². The summed E-state index contributed by atoms with van der Waals surface area (Å²) in [5.41, 5.74) is 2.68. The molecule has 0 bridgehead atoms. The van der Waals surface area contributed by atoms with Crippen molar-refractivity contribution in [2.45, 2.75) is 110 Å². The largest absolute Gasteiger partial charge is 0.493 e. The van der Waals surface area contributed by atoms with Gasteiger partial charge in [-0.15, -0.1) is 0 Å². The highest BCUT2D eigenvalue weighted by atomic mass is 127. The van der Waals surface area contributed by atoms with Crippen LogP contribution in [0, 0.1) is 0 Å². The topological polar surface area (TPSA) is 35.5 Å². The maximum Gasteiger partial charge on any atom is 0.183 e. The second kappa shape index (κ2) is 15.4. The number of fused-ring (bicyclic) bond motifs is 1. The Morgan fingerprint density at radius 3 is 1.57 bits per heavy atom. The van der Waals surface area contributed by atoms with Crippen LogP contribution >= 0.6 is 52.3 Å². The van der Waals surface area contributed by atoms with Crippen LogP contribution < -0.4 is 14.8 Å². The van der Waals surface area contributed by atoms with Gasteiger partial charge in [-0.3, -0.25) is 0 Å². The Bertz CT molecular complexity index is 872. The molecule has 0 N–H and O–H groups in total. The number of unbranched alkanes of at least 4 members (excludes halogenated alkanes) is 10. The summed E-state index contributed by atoms with van der Waals surface area (Å²) in [5, 5.41) is 0.874. The van der Waals surface area contributed by atoms with Gasteiger partial charge in [0.15, 0.2) is 7.14 Å². The van der Waals surface area contributed by atoms with Crippen molar-refractivity contribution in [3.05, 3.63) is 36.0 Å². The van der Waals surface area contributed by atoms with E-state index in [9.17, 15) is 4.57 Å². The molecule has 0 aromatic heterocycles. The van der Waals surface area contributed by atoms with Crippen LogP contribution in [0.4, 0.5) is 0 Å². The summed E-state index contributed by atoms with van der Waals surface area (Å²) >= 11 is 4.72. The molecule has 1 saturated carbocycles. The Morgan fingerprint density at radius 2 is 1.11 bits per heavy atom. The standard InChI is InChI=1S/C29H43I2O3P/c1-3-5-7-9-11-13-18-33-23-20-24(34-19-14-12-10-8-6-4-2)22-25(21-23)35(32)28(30)26-16-15-17-27(26)29(35)31/h20-22H,3-19H2,1-2H3. The predicted octanol–water partition coefficient (Wildman–Crippen LogP) is 10.6. The molecular formula is C29H43I2O3P. The van der Waals surface area contributed by atoms with Crippen LogP contribution in [-0.2, 0) is 4.57 Å². The number of ether oxygens (including phenoxy) is 2. The molecule has 0 radical (unpaired) electrons. The second-order valence-electron chi connectivity index (χ2n) is 9.90. The molecule has 3 nitrogen and oxygen atoms in total. The summed E-state index contributed by atoms with van der Waals surface area (Å²) < 4.78 is 29.0. The Kier molecular flexibility index (Phi) is 13.0. The highest BCUT2D eigenvalue weighted by molar-refractivity contribution is 14.1. The van der Waals surface area contributed by atoms with E-state index >= 15 is 0 Å². The minimum Gasteiger partial charge on any atom is -0.493 e. The van der Waals surface area contributed by atoms with Gasteiger partial charge in [0, 0.05) is 11.4 Å². The minimum atomic E-state index is -2.78. The molecule has 1 aliphatic heterocycles. The molecular weight excluding hydrogens is 681 g/mol. The van der Waals surface area contributed by atoms with Gasteiger partial charge in [0.1, 0.15) is 11.5 Å². The van der Waals surface area contributed by atoms with Gasteiger partial charge in [0.2, 0.25) is 0 Å². The smallest absolute Gasteiger partial charge is 0.183 e. The molecule has 1 heterocycles. The van der Waals surface area contributed by atoms with E-state index in [1.54, 1.807) is 0 Å². The highest BCUT2D eigenvalue weighted by Gasteiger charge is 2.43. The quantitative estimate of drug-likeness (QED) is 0.0912. The van der Waals surface area contributed by atoms with E-state index in [1.165, 1.54) is 81.8 Å². The first-order chi connectivity index (χ1) is 17.0. The lowest BCUT2D eigenvalue weighted by Crippen LogP contribution is -2.09. The van der Waals surface area contributed by atoms with E-state index in [1.807, 2.05) is 18.2 Å². The maximum absolute atomic E-state index is 14.5. The molecule has 2 aliphatic rings. The number of halogens is 2. The fraction of sp³-hybridized carbons (Fsp3) is 0.655. The van der Waals surface area contributed by atoms with Gasteiger partial charge in [0.25, 0.3) is 0 Å². The molecule has 0 atom stereocenters. The summed E-state index contributed by atoms with van der Waals surface area (Å²) in [5.74, 6) is 1.59. The van der Waals surface area contributed by atoms with Crippen molar-refractivity contribution in [2.24, 2.45) is 0 Å². The summed E-state index contributed by atoms with van der Waals surface area (Å²) in [6.45, 7) is 5.90. The monoisotopic (exact) mass is 724 g/mol. The normalized spacial score (nSPS) is 16.8. The van der Waals surface area contributed by atoms with Gasteiger partial charge in [-0.05, 0) is 101 Å². The maximum atomic E-state index is 14.5. The molecule has 1 aliphatic carbocycles. The Morgan fingerprint density at radius 1 is 0.686 bits per heavy atom. The summed E-state index contributed by atoms with van der Waals surface area (Å²) in [7, 11) is -2.78. The van der Waals surface area contributed by atoms with Crippen molar-refractivity contribution in [3.63, 3.8) is 0 Å². The van der Waals surface area contributed by atoms with Crippen molar-refractivity contribution in [1.29, 1.82) is 0 Å². The number of hydrogen-bond acceptors (Lipinski definition) is 3. The summed E-state index contributed by atoms with van der Waals surface area (Å²) in [6, 6.07) is 6.05. The van der Waals surface area contributed by atoms with Crippen LogP contribution in [0.3, 0.4) is 0 Å². The average molecular weight is 724 g/mol. The molecule has 1 aromatic rings. The lowest BCUT2D eigenvalue weighted by molar-refractivity contribution is 0.290. The van der Waals surface area contributed by atoms with Crippen LogP contribution in [0.5, 0.6) is 11.5 Å². The van der Waals surface area contributed by atoms with Crippen LogP contribution in [-0.4, -0.2) is 13.2 Å². The minimum absolute atomic E-state index is 0.701. The van der Waals surface area contributed by atoms with Crippen molar-refractivity contribution in [1.82, 2.24) is 0 Å². The first-order valence-corrected chi connectivity index (χ1v) is 17.7. The van der Waals surface area contributed by atoms with Gasteiger partial charge in [-0.1, -0.05) is 78.1 Å². The molecule has 0 saturated heterocycles. The number of rotatable bonds is 17. The molecule has 196 valence electrons. The SMILES string of the molecule is CCCCCCCCOc1cc(OCCCCCCCC)cc(P2(=O)C(I)=C3CCCC3=C2I)c1. The van der Waals surface area contributed by atoms with Crippen molar-refractivity contribution in [2.75, 3.05) is 13.2 Å². The molecule has 0 spiro atoms. The van der Waals surface area contributed by atoms with Crippen molar-refractivity contribution in [3.8, 4) is 11.5 Å². The van der Waals surface area contributed by atoms with E-state index in [0.717, 1.165) is 49.1 Å². The number of benzene rings is 1. The molecule has 6 heteroatoms. The van der Waals surface area contributed by atoms with Gasteiger partial charge in [-0.25, -0.2) is 0 Å².